The first-order chi connectivity index (χ1) is 13.6. The molecule has 0 unspecified atom stereocenters. The number of aromatic nitrogens is 1. The van der Waals surface area contributed by atoms with Crippen LogP contribution in [0.15, 0.2) is 96.0 Å². The van der Waals surface area contributed by atoms with Crippen molar-refractivity contribution >= 4 is 20.9 Å². The first kappa shape index (κ1) is 18.3. The Morgan fingerprint density at radius 1 is 0.750 bits per heavy atom. The van der Waals surface area contributed by atoms with Gasteiger partial charge in [0.1, 0.15) is 0 Å². The number of nitrogens with zero attached hydrogens (tertiary/aromatic N) is 1. The number of hydrogen-bond donors (Lipinski definition) is 1. The Labute approximate surface area is 164 Å². The van der Waals surface area contributed by atoms with Gasteiger partial charge in [-0.2, -0.15) is 0 Å². The lowest BCUT2D eigenvalue weighted by Gasteiger charge is -2.10. The van der Waals surface area contributed by atoms with Gasteiger partial charge in [-0.1, -0.05) is 60.7 Å². The molecular weight excluding hydrogens is 368 g/mol. The number of nitrogens with one attached hydrogen (secondary N) is 1. The highest BCUT2D eigenvalue weighted by Gasteiger charge is 2.14. The predicted molar refractivity (Wildman–Crippen MR) is 111 cm³/mol. The van der Waals surface area contributed by atoms with Crippen molar-refractivity contribution < 1.29 is 8.42 Å². The number of sulfonamides is 1. The van der Waals surface area contributed by atoms with Gasteiger partial charge in [0, 0.05) is 18.1 Å². The molecule has 1 N–H and O–H groups in total. The van der Waals surface area contributed by atoms with E-state index in [4.69, 9.17) is 0 Å². The zero-order valence-corrected chi connectivity index (χ0v) is 16.1. The SMILES string of the molecule is O=S(=O)(NCc1ccnc2ccccc12)c1ccc(Cc2ccccc2)cc1. The standard InChI is InChI=1S/C23H20N2O2S/c26-28(27,25-17-20-14-15-24-23-9-5-4-8-22(20)23)21-12-10-19(11-13-21)16-18-6-2-1-3-7-18/h1-15,25H,16-17H2. The van der Waals surface area contributed by atoms with Gasteiger partial charge in [0.25, 0.3) is 0 Å². The van der Waals surface area contributed by atoms with Gasteiger partial charge in [-0.15, -0.1) is 0 Å². The lowest BCUT2D eigenvalue weighted by Crippen LogP contribution is -2.23. The van der Waals surface area contributed by atoms with Crippen LogP contribution in [0.4, 0.5) is 0 Å². The maximum absolute atomic E-state index is 12.7. The molecule has 0 spiro atoms. The number of fused-ring (bicyclic) bond motifs is 1. The smallest absolute Gasteiger partial charge is 0.240 e. The number of rotatable bonds is 6. The van der Waals surface area contributed by atoms with Gasteiger partial charge in [0.05, 0.1) is 10.4 Å². The van der Waals surface area contributed by atoms with Crippen LogP contribution in [-0.2, 0) is 23.0 Å². The van der Waals surface area contributed by atoms with Crippen LogP contribution in [0.2, 0.25) is 0 Å². The summed E-state index contributed by atoms with van der Waals surface area (Å²) in [6.07, 6.45) is 2.47. The molecule has 3 aromatic carbocycles. The van der Waals surface area contributed by atoms with E-state index >= 15 is 0 Å². The summed E-state index contributed by atoms with van der Waals surface area (Å²) in [5.74, 6) is 0. The van der Waals surface area contributed by atoms with Gasteiger partial charge in [-0.25, -0.2) is 13.1 Å². The molecule has 0 bridgehead atoms. The Hall–Kier alpha value is -3.02. The zero-order chi connectivity index (χ0) is 19.4. The van der Waals surface area contributed by atoms with E-state index in [-0.39, 0.29) is 11.4 Å². The van der Waals surface area contributed by atoms with Gasteiger partial charge in [0.2, 0.25) is 10.0 Å². The number of pyridine rings is 1. The van der Waals surface area contributed by atoms with E-state index in [1.807, 2.05) is 60.7 Å². The van der Waals surface area contributed by atoms with Crippen LogP contribution in [0.25, 0.3) is 10.9 Å². The first-order valence-corrected chi connectivity index (χ1v) is 10.6. The number of benzene rings is 3. The molecule has 0 fully saturated rings. The number of para-hydroxylation sites is 1. The molecule has 0 atom stereocenters. The topological polar surface area (TPSA) is 59.1 Å². The van der Waals surface area contributed by atoms with E-state index in [9.17, 15) is 8.42 Å². The highest BCUT2D eigenvalue weighted by Crippen LogP contribution is 2.18. The zero-order valence-electron chi connectivity index (χ0n) is 15.2. The van der Waals surface area contributed by atoms with Crippen molar-refractivity contribution in [2.75, 3.05) is 0 Å². The van der Waals surface area contributed by atoms with Gasteiger partial charge in [-0.3, -0.25) is 4.98 Å². The van der Waals surface area contributed by atoms with E-state index in [1.54, 1.807) is 18.3 Å². The van der Waals surface area contributed by atoms with E-state index in [2.05, 4.69) is 21.8 Å². The fourth-order valence-corrected chi connectivity index (χ4v) is 4.19. The summed E-state index contributed by atoms with van der Waals surface area (Å²) < 4.78 is 28.1. The van der Waals surface area contributed by atoms with Crippen LogP contribution < -0.4 is 4.72 Å². The lowest BCUT2D eigenvalue weighted by molar-refractivity contribution is 0.581. The Kier molecular flexibility index (Phi) is 5.19. The maximum atomic E-state index is 12.7. The van der Waals surface area contributed by atoms with E-state index in [0.717, 1.165) is 28.5 Å². The van der Waals surface area contributed by atoms with Gasteiger partial charge >= 0.3 is 0 Å². The molecule has 0 saturated heterocycles. The van der Waals surface area contributed by atoms with Crippen molar-refractivity contribution in [2.24, 2.45) is 0 Å². The van der Waals surface area contributed by atoms with Gasteiger partial charge in [0.15, 0.2) is 0 Å². The molecule has 4 aromatic rings. The molecule has 0 radical (unpaired) electrons. The summed E-state index contributed by atoms with van der Waals surface area (Å²) in [5.41, 5.74) is 4.02. The quantitative estimate of drug-likeness (QED) is 0.536. The summed E-state index contributed by atoms with van der Waals surface area (Å²) >= 11 is 0. The van der Waals surface area contributed by atoms with Crippen molar-refractivity contribution in [1.29, 1.82) is 0 Å². The molecule has 1 aromatic heterocycles. The van der Waals surface area contributed by atoms with E-state index in [1.165, 1.54) is 5.56 Å². The summed E-state index contributed by atoms with van der Waals surface area (Å²) in [6, 6.07) is 26.7. The van der Waals surface area contributed by atoms with Crippen molar-refractivity contribution in [3.8, 4) is 0 Å². The minimum atomic E-state index is -3.59. The van der Waals surface area contributed by atoms with E-state index in [0.29, 0.717) is 0 Å². The molecule has 0 aliphatic carbocycles. The van der Waals surface area contributed by atoms with Crippen LogP contribution in [0.3, 0.4) is 0 Å². The summed E-state index contributed by atoms with van der Waals surface area (Å²) in [7, 11) is -3.59. The van der Waals surface area contributed by atoms with Crippen molar-refractivity contribution in [1.82, 2.24) is 9.71 Å². The van der Waals surface area contributed by atoms with Crippen LogP contribution >= 0.6 is 0 Å². The summed E-state index contributed by atoms with van der Waals surface area (Å²) in [5, 5.41) is 0.950. The molecule has 5 heteroatoms. The second-order valence-corrected chi connectivity index (χ2v) is 8.39. The maximum Gasteiger partial charge on any atom is 0.240 e. The third-order valence-corrected chi connectivity index (χ3v) is 6.09. The lowest BCUT2D eigenvalue weighted by atomic mass is 10.1. The van der Waals surface area contributed by atoms with Crippen molar-refractivity contribution in [2.45, 2.75) is 17.9 Å². The molecule has 0 aliphatic heterocycles. The molecule has 4 rings (SSSR count). The van der Waals surface area contributed by atoms with Crippen LogP contribution in [0.1, 0.15) is 16.7 Å². The summed E-state index contributed by atoms with van der Waals surface area (Å²) in [4.78, 5) is 4.58. The minimum Gasteiger partial charge on any atom is -0.256 e. The van der Waals surface area contributed by atoms with Crippen molar-refractivity contribution in [3.63, 3.8) is 0 Å². The third-order valence-electron chi connectivity index (χ3n) is 4.68. The monoisotopic (exact) mass is 388 g/mol. The Bertz CT molecular complexity index is 1180. The first-order valence-electron chi connectivity index (χ1n) is 9.07. The average molecular weight is 388 g/mol. The van der Waals surface area contributed by atoms with Gasteiger partial charge < -0.3 is 0 Å². The fourth-order valence-electron chi connectivity index (χ4n) is 3.18. The average Bonchev–Trinajstić information content (AvgIpc) is 2.73. The highest BCUT2D eigenvalue weighted by atomic mass is 32.2. The minimum absolute atomic E-state index is 0.219. The molecule has 0 aliphatic rings. The summed E-state index contributed by atoms with van der Waals surface area (Å²) in [6.45, 7) is 0.219. The van der Waals surface area contributed by atoms with Crippen LogP contribution in [0.5, 0.6) is 0 Å². The second kappa shape index (κ2) is 7.92. The van der Waals surface area contributed by atoms with Crippen molar-refractivity contribution in [3.05, 3.63) is 108 Å². The van der Waals surface area contributed by atoms with Crippen LogP contribution in [-0.4, -0.2) is 13.4 Å². The van der Waals surface area contributed by atoms with E-state index < -0.39 is 10.0 Å². The molecular formula is C23H20N2O2S. The predicted octanol–water partition coefficient (Wildman–Crippen LogP) is 4.30. The second-order valence-electron chi connectivity index (χ2n) is 6.62. The fraction of sp³-hybridized carbons (Fsp3) is 0.0870. The molecule has 0 amide bonds. The Morgan fingerprint density at radius 3 is 2.21 bits per heavy atom. The molecule has 140 valence electrons. The highest BCUT2D eigenvalue weighted by molar-refractivity contribution is 7.89. The largest absolute Gasteiger partial charge is 0.256 e. The van der Waals surface area contributed by atoms with Gasteiger partial charge in [-0.05, 0) is 47.4 Å². The molecule has 28 heavy (non-hydrogen) atoms. The molecule has 1 heterocycles. The Balaban J connectivity index is 1.49. The Morgan fingerprint density at radius 2 is 1.43 bits per heavy atom. The molecule has 0 saturated carbocycles. The number of hydrogen-bond acceptors (Lipinski definition) is 3. The third kappa shape index (κ3) is 4.11. The normalized spacial score (nSPS) is 11.6. The molecule has 4 nitrogen and oxygen atoms in total. The van der Waals surface area contributed by atoms with Crippen LogP contribution in [0, 0.1) is 0 Å².